The average Bonchev–Trinajstić information content (AvgIpc) is 2.43. The van der Waals surface area contributed by atoms with Crippen LogP contribution in [-0.2, 0) is 0 Å². The van der Waals surface area contributed by atoms with Gasteiger partial charge in [-0.1, -0.05) is 27.7 Å². The smallest absolute Gasteiger partial charge is 0.135 e. The van der Waals surface area contributed by atoms with Crippen LogP contribution in [0.5, 0.6) is 0 Å². The zero-order valence-corrected chi connectivity index (χ0v) is 13.8. The number of nitrogens with one attached hydrogen (secondary N) is 1. The van der Waals surface area contributed by atoms with Gasteiger partial charge in [0.05, 0.1) is 12.5 Å². The van der Waals surface area contributed by atoms with Gasteiger partial charge >= 0.3 is 0 Å². The Morgan fingerprint density at radius 2 is 2.00 bits per heavy atom. The fourth-order valence-corrected chi connectivity index (χ4v) is 2.07. The molecule has 0 spiro atoms. The predicted molar refractivity (Wildman–Crippen MR) is 87.6 cm³/mol. The van der Waals surface area contributed by atoms with E-state index in [0.29, 0.717) is 18.9 Å². The maximum Gasteiger partial charge on any atom is 0.135 e. The SMILES string of the molecule is CCNc1cc(N(CCC#N)CC(C)C)nc(C(C)C)n1. The summed E-state index contributed by atoms with van der Waals surface area (Å²) >= 11 is 0. The maximum absolute atomic E-state index is 8.86. The summed E-state index contributed by atoms with van der Waals surface area (Å²) in [6.45, 7) is 13.0. The van der Waals surface area contributed by atoms with E-state index in [0.717, 1.165) is 30.5 Å². The van der Waals surface area contributed by atoms with E-state index in [1.54, 1.807) is 0 Å². The molecule has 21 heavy (non-hydrogen) atoms. The second-order valence-electron chi connectivity index (χ2n) is 5.90. The molecule has 0 aliphatic heterocycles. The van der Waals surface area contributed by atoms with Crippen molar-refractivity contribution < 1.29 is 0 Å². The van der Waals surface area contributed by atoms with Crippen molar-refractivity contribution in [3.05, 3.63) is 11.9 Å². The molecule has 0 saturated carbocycles. The maximum atomic E-state index is 8.86. The van der Waals surface area contributed by atoms with Gasteiger partial charge in [-0.2, -0.15) is 5.26 Å². The van der Waals surface area contributed by atoms with Crippen molar-refractivity contribution in [1.82, 2.24) is 9.97 Å². The molecule has 0 radical (unpaired) electrons. The minimum Gasteiger partial charge on any atom is -0.370 e. The van der Waals surface area contributed by atoms with Gasteiger partial charge in [0, 0.05) is 31.6 Å². The summed E-state index contributed by atoms with van der Waals surface area (Å²) in [5.74, 6) is 3.41. The topological polar surface area (TPSA) is 64.8 Å². The largest absolute Gasteiger partial charge is 0.370 e. The Hall–Kier alpha value is -1.83. The molecule has 0 unspecified atom stereocenters. The average molecular weight is 289 g/mol. The molecular weight excluding hydrogens is 262 g/mol. The lowest BCUT2D eigenvalue weighted by Crippen LogP contribution is -2.30. The van der Waals surface area contributed by atoms with Crippen molar-refractivity contribution in [1.29, 1.82) is 5.26 Å². The van der Waals surface area contributed by atoms with Crippen LogP contribution in [0.3, 0.4) is 0 Å². The monoisotopic (exact) mass is 289 g/mol. The first-order valence-corrected chi connectivity index (χ1v) is 7.72. The molecule has 5 nitrogen and oxygen atoms in total. The van der Waals surface area contributed by atoms with Crippen molar-refractivity contribution in [3.63, 3.8) is 0 Å². The Morgan fingerprint density at radius 1 is 1.29 bits per heavy atom. The van der Waals surface area contributed by atoms with Crippen LogP contribution in [0.4, 0.5) is 11.6 Å². The number of nitrogens with zero attached hydrogens (tertiary/aromatic N) is 4. The molecular formula is C16H27N5. The molecule has 0 aromatic carbocycles. The van der Waals surface area contributed by atoms with E-state index in [9.17, 15) is 0 Å². The Balaban J connectivity index is 3.11. The quantitative estimate of drug-likeness (QED) is 0.794. The van der Waals surface area contributed by atoms with Gasteiger partial charge in [0.1, 0.15) is 17.5 Å². The van der Waals surface area contributed by atoms with Crippen LogP contribution in [-0.4, -0.2) is 29.6 Å². The summed E-state index contributed by atoms with van der Waals surface area (Å²) in [7, 11) is 0. The van der Waals surface area contributed by atoms with Crippen molar-refractivity contribution in [2.45, 2.75) is 47.0 Å². The number of anilines is 2. The standard InChI is InChI=1S/C16H27N5/c1-6-18-14-10-15(20-16(19-14)13(4)5)21(9-7-8-17)11-12(2)3/h10,12-13H,6-7,9,11H2,1-5H3,(H,18,19,20). The highest BCUT2D eigenvalue weighted by Crippen LogP contribution is 2.21. The Labute approximate surface area is 128 Å². The molecule has 0 amide bonds. The summed E-state index contributed by atoms with van der Waals surface area (Å²) in [6, 6.07) is 4.20. The number of aromatic nitrogens is 2. The van der Waals surface area contributed by atoms with Crippen LogP contribution in [0.1, 0.15) is 52.8 Å². The summed E-state index contributed by atoms with van der Waals surface area (Å²) in [5, 5.41) is 12.1. The van der Waals surface area contributed by atoms with Crippen LogP contribution >= 0.6 is 0 Å². The Kier molecular flexibility index (Phi) is 6.93. The molecule has 0 fully saturated rings. The van der Waals surface area contributed by atoms with Crippen LogP contribution in [0, 0.1) is 17.2 Å². The Bertz CT molecular complexity index is 476. The highest BCUT2D eigenvalue weighted by molar-refractivity contribution is 5.49. The normalized spacial score (nSPS) is 10.8. The van der Waals surface area contributed by atoms with Gasteiger partial charge in [0.15, 0.2) is 0 Å². The van der Waals surface area contributed by atoms with Crippen molar-refractivity contribution >= 4 is 11.6 Å². The highest BCUT2D eigenvalue weighted by atomic mass is 15.2. The highest BCUT2D eigenvalue weighted by Gasteiger charge is 2.14. The number of hydrogen-bond acceptors (Lipinski definition) is 5. The van der Waals surface area contributed by atoms with Crippen LogP contribution in [0.2, 0.25) is 0 Å². The second kappa shape index (κ2) is 8.46. The molecule has 1 rings (SSSR count). The van der Waals surface area contributed by atoms with Gasteiger partial charge in [-0.25, -0.2) is 9.97 Å². The molecule has 0 aliphatic rings. The Morgan fingerprint density at radius 3 is 2.52 bits per heavy atom. The first kappa shape index (κ1) is 17.2. The lowest BCUT2D eigenvalue weighted by molar-refractivity contribution is 0.605. The van der Waals surface area contributed by atoms with Gasteiger partial charge in [-0.15, -0.1) is 0 Å². The number of nitriles is 1. The molecule has 0 atom stereocenters. The molecule has 1 N–H and O–H groups in total. The van der Waals surface area contributed by atoms with Crippen molar-refractivity contribution in [2.24, 2.45) is 5.92 Å². The lowest BCUT2D eigenvalue weighted by atomic mass is 10.2. The van der Waals surface area contributed by atoms with E-state index in [-0.39, 0.29) is 5.92 Å². The van der Waals surface area contributed by atoms with E-state index < -0.39 is 0 Å². The molecule has 0 saturated heterocycles. The molecule has 0 bridgehead atoms. The minimum absolute atomic E-state index is 0.277. The van der Waals surface area contributed by atoms with Gasteiger partial charge in [-0.3, -0.25) is 0 Å². The van der Waals surface area contributed by atoms with Gasteiger partial charge in [0.25, 0.3) is 0 Å². The predicted octanol–water partition coefficient (Wildman–Crippen LogP) is 3.41. The first-order valence-electron chi connectivity index (χ1n) is 7.72. The van der Waals surface area contributed by atoms with E-state index in [2.05, 4.69) is 60.9 Å². The summed E-state index contributed by atoms with van der Waals surface area (Å²) in [4.78, 5) is 11.4. The molecule has 1 aromatic rings. The van der Waals surface area contributed by atoms with E-state index in [1.165, 1.54) is 0 Å². The third-order valence-electron chi connectivity index (χ3n) is 3.01. The molecule has 1 aromatic heterocycles. The van der Waals surface area contributed by atoms with Crippen molar-refractivity contribution in [2.75, 3.05) is 29.9 Å². The zero-order chi connectivity index (χ0) is 15.8. The third kappa shape index (κ3) is 5.58. The summed E-state index contributed by atoms with van der Waals surface area (Å²) in [6.07, 6.45) is 0.504. The first-order chi connectivity index (χ1) is 9.97. The van der Waals surface area contributed by atoms with Crippen LogP contribution in [0.15, 0.2) is 6.07 Å². The fourth-order valence-electron chi connectivity index (χ4n) is 2.07. The number of hydrogen-bond donors (Lipinski definition) is 1. The lowest BCUT2D eigenvalue weighted by Gasteiger charge is -2.26. The van der Waals surface area contributed by atoms with Gasteiger partial charge in [0.2, 0.25) is 0 Å². The number of rotatable bonds is 8. The molecule has 0 aliphatic carbocycles. The van der Waals surface area contributed by atoms with E-state index in [4.69, 9.17) is 5.26 Å². The van der Waals surface area contributed by atoms with Crippen LogP contribution < -0.4 is 10.2 Å². The zero-order valence-electron chi connectivity index (χ0n) is 13.8. The van der Waals surface area contributed by atoms with E-state index in [1.807, 2.05) is 6.07 Å². The van der Waals surface area contributed by atoms with Crippen molar-refractivity contribution in [3.8, 4) is 6.07 Å². The second-order valence-corrected chi connectivity index (χ2v) is 5.90. The van der Waals surface area contributed by atoms with Gasteiger partial charge < -0.3 is 10.2 Å². The minimum atomic E-state index is 0.277. The van der Waals surface area contributed by atoms with E-state index >= 15 is 0 Å². The fraction of sp³-hybridized carbons (Fsp3) is 0.688. The molecule has 116 valence electrons. The van der Waals surface area contributed by atoms with Crippen LogP contribution in [0.25, 0.3) is 0 Å². The summed E-state index contributed by atoms with van der Waals surface area (Å²) in [5.41, 5.74) is 0. The summed E-state index contributed by atoms with van der Waals surface area (Å²) < 4.78 is 0. The molecule has 1 heterocycles. The molecule has 5 heteroatoms. The van der Waals surface area contributed by atoms with Gasteiger partial charge in [-0.05, 0) is 12.8 Å². The third-order valence-corrected chi connectivity index (χ3v) is 3.01.